The molecule has 0 bridgehead atoms. The fourth-order valence-corrected chi connectivity index (χ4v) is 0. The Morgan fingerprint density at radius 2 is 0.667 bits per heavy atom. The minimum absolute atomic E-state index is 0. The summed E-state index contributed by atoms with van der Waals surface area (Å²) in [6.45, 7) is 0. The smallest absolute Gasteiger partial charge is 0.822 e. The van der Waals surface area contributed by atoms with Gasteiger partial charge in [-0.05, 0) is 0 Å². The molecule has 0 saturated heterocycles. The van der Waals surface area contributed by atoms with E-state index in [0.29, 0.717) is 0 Å². The van der Waals surface area contributed by atoms with Crippen LogP contribution in [0.2, 0.25) is 0 Å². The molecule has 0 aliphatic carbocycles. The molecule has 0 N–H and O–H groups in total. The van der Waals surface area contributed by atoms with Gasteiger partial charge in [-0.25, -0.2) is 0 Å². The fraction of sp³-hybridized carbons (Fsp3) is 0. The van der Waals surface area contributed by atoms with Gasteiger partial charge >= 0.3 is 51.4 Å². The van der Waals surface area contributed by atoms with Crippen molar-refractivity contribution >= 4 is 15.6 Å². The van der Waals surface area contributed by atoms with Gasteiger partial charge in [-0.15, -0.1) is 0 Å². The van der Waals surface area contributed by atoms with Crippen LogP contribution in [0.5, 0.6) is 0 Å². The van der Waals surface area contributed by atoms with Crippen molar-refractivity contribution in [3.05, 3.63) is 0 Å². The molecule has 1 radical (unpaired) electrons. The largest absolute Gasteiger partial charge is 1.00 e. The minimum Gasteiger partial charge on any atom is -0.822 e. The van der Waals surface area contributed by atoms with E-state index in [1.165, 1.54) is 0 Å². The van der Waals surface area contributed by atoms with E-state index in [9.17, 15) is 0 Å². The van der Waals surface area contributed by atoms with Crippen molar-refractivity contribution in [2.75, 3.05) is 0 Å². The minimum atomic E-state index is -5.39. The van der Waals surface area contributed by atoms with Crippen LogP contribution in [0.4, 0.5) is 0 Å². The predicted octanol–water partition coefficient (Wildman–Crippen LogP) is -8.65. The summed E-state index contributed by atoms with van der Waals surface area (Å²) in [5, 5.41) is 0. The molecule has 0 unspecified atom stereocenters. The van der Waals surface area contributed by atoms with E-state index >= 15 is 0 Å². The van der Waals surface area contributed by atoms with Crippen molar-refractivity contribution in [3.63, 3.8) is 0 Å². The van der Waals surface area contributed by atoms with Crippen LogP contribution in [-0.4, -0.2) is 0 Å². The van der Waals surface area contributed by atoms with Crippen molar-refractivity contribution in [1.29, 1.82) is 0 Å². The topological polar surface area (TPSA) is 172 Å². The molecule has 12 heteroatoms. The van der Waals surface area contributed by atoms with Crippen LogP contribution < -0.4 is 80.7 Å². The van der Waals surface area contributed by atoms with Crippen molar-refractivity contribution < 1.29 is 108 Å². The molecule has 0 aliphatic heterocycles. The van der Waals surface area contributed by atoms with Crippen LogP contribution in [0.1, 0.15) is 0 Å². The van der Waals surface area contributed by atoms with Gasteiger partial charge in [0.05, 0.1) is 0 Å². The summed E-state index contributed by atoms with van der Waals surface area (Å²) in [4.78, 5) is 51.3. The van der Waals surface area contributed by atoms with Gasteiger partial charge in [0.2, 0.25) is 0 Å². The molecular formula is KO8P2V-5. The maximum absolute atomic E-state index is 8.55. The quantitative estimate of drug-likeness (QED) is 0.310. The molecule has 0 aromatic rings. The van der Waals surface area contributed by atoms with E-state index in [2.05, 4.69) is 0 Å². The van der Waals surface area contributed by atoms with Gasteiger partial charge in [-0.2, -0.15) is 15.6 Å². The summed E-state index contributed by atoms with van der Waals surface area (Å²) >= 11 is 0. The first-order valence-electron chi connectivity index (χ1n) is 1.46. The second-order valence-electron chi connectivity index (χ2n) is 0.894. The first kappa shape index (κ1) is 23.9. The van der Waals surface area contributed by atoms with E-state index in [1.807, 2.05) is 0 Å². The van der Waals surface area contributed by atoms with Crippen molar-refractivity contribution in [2.24, 2.45) is 0 Å². The summed E-state index contributed by atoms with van der Waals surface area (Å²) in [6, 6.07) is 0. The molecule has 69 valence electrons. The van der Waals surface area contributed by atoms with Gasteiger partial charge in [-0.1, -0.05) is 0 Å². The molecule has 0 fully saturated rings. The second-order valence-corrected chi connectivity index (χ2v) is 2.68. The summed E-state index contributed by atoms with van der Waals surface area (Å²) in [6.07, 6.45) is 0. The zero-order valence-electron chi connectivity index (χ0n) is 5.61. The first-order valence-corrected chi connectivity index (χ1v) is 4.38. The zero-order chi connectivity index (χ0) is 9.00. The van der Waals surface area contributed by atoms with Gasteiger partial charge in [0, 0.05) is 18.6 Å². The molecule has 0 spiro atoms. The molecule has 0 aromatic carbocycles. The Labute approximate surface area is 122 Å². The molecule has 8 nitrogen and oxygen atoms in total. The van der Waals surface area contributed by atoms with Gasteiger partial charge < -0.3 is 38.5 Å². The zero-order valence-corrected chi connectivity index (χ0v) is 11.9. The SMILES string of the molecule is O=P([O-])([O-])[O-].O=P([O-])([O-])[O-].[K+].[V]. The Hall–Kier alpha value is 2.44. The molecule has 0 saturated carbocycles. The van der Waals surface area contributed by atoms with Crippen molar-refractivity contribution in [1.82, 2.24) is 0 Å². The number of hydrogen-bond acceptors (Lipinski definition) is 8. The third-order valence-electron chi connectivity index (χ3n) is 0. The average molecular weight is 280 g/mol. The van der Waals surface area contributed by atoms with Crippen LogP contribution in [0.25, 0.3) is 0 Å². The Morgan fingerprint density at radius 3 is 0.667 bits per heavy atom. The molecule has 0 aliphatic rings. The van der Waals surface area contributed by atoms with E-state index in [4.69, 9.17) is 38.5 Å². The van der Waals surface area contributed by atoms with Crippen molar-refractivity contribution in [2.45, 2.75) is 0 Å². The normalized spacial score (nSPS) is 9.83. The Balaban J connectivity index is -0.0000000457. The molecule has 0 heterocycles. The number of hydrogen-bond donors (Lipinski definition) is 0. The predicted molar refractivity (Wildman–Crippen MR) is 15.2 cm³/mol. The van der Waals surface area contributed by atoms with Gasteiger partial charge in [0.25, 0.3) is 0 Å². The van der Waals surface area contributed by atoms with Gasteiger partial charge in [-0.3, -0.25) is 0 Å². The number of phosphoric acid groups is 2. The molecule has 0 rings (SSSR count). The van der Waals surface area contributed by atoms with Crippen LogP contribution >= 0.6 is 15.6 Å². The van der Waals surface area contributed by atoms with E-state index < -0.39 is 15.6 Å². The Bertz CT molecular complexity index is 129. The van der Waals surface area contributed by atoms with Crippen molar-refractivity contribution in [3.8, 4) is 0 Å². The van der Waals surface area contributed by atoms with Gasteiger partial charge in [0.1, 0.15) is 0 Å². The van der Waals surface area contributed by atoms with E-state index in [1.54, 1.807) is 0 Å². The first-order chi connectivity index (χ1) is 4.00. The Kier molecular flexibility index (Phi) is 19.9. The van der Waals surface area contributed by atoms with E-state index in [-0.39, 0.29) is 69.9 Å². The summed E-state index contributed by atoms with van der Waals surface area (Å²) in [7, 11) is -10.8. The fourth-order valence-electron chi connectivity index (χ4n) is 0. The summed E-state index contributed by atoms with van der Waals surface area (Å²) < 4.78 is 17.1. The molecular weight excluding hydrogens is 280 g/mol. The van der Waals surface area contributed by atoms with Crippen LogP contribution in [0.15, 0.2) is 0 Å². The summed E-state index contributed by atoms with van der Waals surface area (Å²) in [5.74, 6) is 0. The maximum Gasteiger partial charge on any atom is 1.00 e. The second kappa shape index (κ2) is 9.98. The maximum atomic E-state index is 8.55. The monoisotopic (exact) mass is 280 g/mol. The van der Waals surface area contributed by atoms with Crippen LogP contribution in [-0.2, 0) is 27.7 Å². The molecule has 0 atom stereocenters. The van der Waals surface area contributed by atoms with Gasteiger partial charge in [0.15, 0.2) is 0 Å². The third kappa shape index (κ3) is 273. The molecule has 12 heavy (non-hydrogen) atoms. The van der Waals surface area contributed by atoms with E-state index in [0.717, 1.165) is 0 Å². The molecule has 0 amide bonds. The standard InChI is InChI=1S/K.2H3O4P.V/c;2*1-5(2,3)4;/h;2*(H3,1,2,3,4);/q+1;;;/p-6. The average Bonchev–Trinajstić information content (AvgIpc) is 1.12. The summed E-state index contributed by atoms with van der Waals surface area (Å²) in [5.41, 5.74) is 0. The van der Waals surface area contributed by atoms with Crippen LogP contribution in [0, 0.1) is 0 Å². The third-order valence-corrected chi connectivity index (χ3v) is 0. The Morgan fingerprint density at radius 1 is 0.667 bits per heavy atom. The molecule has 0 aromatic heterocycles. The van der Waals surface area contributed by atoms with Crippen LogP contribution in [0.3, 0.4) is 0 Å². The number of rotatable bonds is 0.